The summed E-state index contributed by atoms with van der Waals surface area (Å²) in [5, 5.41) is 5.76. The summed E-state index contributed by atoms with van der Waals surface area (Å²) in [5.41, 5.74) is 1.53. The van der Waals surface area contributed by atoms with Gasteiger partial charge in [0.2, 0.25) is 0 Å². The van der Waals surface area contributed by atoms with Crippen LogP contribution in [0.1, 0.15) is 34.9 Å². The van der Waals surface area contributed by atoms with E-state index in [1.807, 2.05) is 24.4 Å². The first-order valence-electron chi connectivity index (χ1n) is 8.07. The molecule has 2 aromatic rings. The molecule has 0 aromatic carbocycles. The van der Waals surface area contributed by atoms with Gasteiger partial charge in [0.25, 0.3) is 5.91 Å². The Labute approximate surface area is 145 Å². The highest BCUT2D eigenvalue weighted by molar-refractivity contribution is 7.09. The first-order valence-corrected chi connectivity index (χ1v) is 8.95. The molecule has 0 aliphatic carbocycles. The molecule has 2 atom stereocenters. The summed E-state index contributed by atoms with van der Waals surface area (Å²) in [6.45, 7) is 8.13. The summed E-state index contributed by atoms with van der Waals surface area (Å²) in [7, 11) is 0. The number of aromatic nitrogens is 2. The molecule has 1 amide bonds. The van der Waals surface area contributed by atoms with E-state index in [2.05, 4.69) is 34.0 Å². The van der Waals surface area contributed by atoms with E-state index in [9.17, 15) is 4.79 Å². The van der Waals surface area contributed by atoms with E-state index in [0.29, 0.717) is 12.1 Å². The molecule has 0 spiro atoms. The van der Waals surface area contributed by atoms with Crippen LogP contribution < -0.4 is 10.2 Å². The number of amides is 1. The fourth-order valence-corrected chi connectivity index (χ4v) is 3.53. The number of morpholine rings is 1. The number of carbonyl (C=O) groups excluding carboxylic acids is 1. The third kappa shape index (κ3) is 4.10. The van der Waals surface area contributed by atoms with E-state index in [0.717, 1.165) is 29.6 Å². The van der Waals surface area contributed by atoms with Crippen molar-refractivity contribution in [2.45, 2.75) is 39.5 Å². The fourth-order valence-electron chi connectivity index (χ4n) is 2.81. The number of hydrogen-bond donors (Lipinski definition) is 1. The van der Waals surface area contributed by atoms with Gasteiger partial charge in [0.15, 0.2) is 0 Å². The van der Waals surface area contributed by atoms with Crippen LogP contribution >= 0.6 is 11.3 Å². The Hall–Kier alpha value is -1.99. The first-order chi connectivity index (χ1) is 11.5. The highest BCUT2D eigenvalue weighted by Crippen LogP contribution is 2.18. The molecule has 6 nitrogen and oxygen atoms in total. The van der Waals surface area contributed by atoms with Crippen LogP contribution in [0.5, 0.6) is 0 Å². The number of thiazole rings is 1. The van der Waals surface area contributed by atoms with Gasteiger partial charge in [-0.2, -0.15) is 0 Å². The third-order valence-electron chi connectivity index (χ3n) is 3.82. The number of aryl methyl sites for hydroxylation is 1. The summed E-state index contributed by atoms with van der Waals surface area (Å²) >= 11 is 1.55. The Morgan fingerprint density at radius 3 is 2.71 bits per heavy atom. The van der Waals surface area contributed by atoms with Crippen LogP contribution in [-0.4, -0.2) is 41.2 Å². The van der Waals surface area contributed by atoms with Gasteiger partial charge in [-0.3, -0.25) is 4.79 Å². The molecule has 2 aromatic heterocycles. The summed E-state index contributed by atoms with van der Waals surface area (Å²) in [6, 6.07) is 3.71. The summed E-state index contributed by atoms with van der Waals surface area (Å²) in [5.74, 6) is 0.745. The van der Waals surface area contributed by atoms with Gasteiger partial charge < -0.3 is 15.0 Å². The molecule has 1 N–H and O–H groups in total. The summed E-state index contributed by atoms with van der Waals surface area (Å²) < 4.78 is 5.74. The van der Waals surface area contributed by atoms with Crippen molar-refractivity contribution in [3.05, 3.63) is 40.0 Å². The lowest BCUT2D eigenvalue weighted by atomic mass is 10.2. The zero-order valence-corrected chi connectivity index (χ0v) is 15.0. The molecule has 1 fully saturated rings. The minimum Gasteiger partial charge on any atom is -0.372 e. The SMILES string of the molecule is Cc1csc(CNC(=O)c2ccc(N3C[C@@H](C)O[C@@H](C)C3)nc2)n1. The predicted octanol–water partition coefficient (Wildman–Crippen LogP) is 2.39. The van der Waals surface area contributed by atoms with Crippen molar-refractivity contribution >= 4 is 23.1 Å². The van der Waals surface area contributed by atoms with E-state index >= 15 is 0 Å². The number of pyridine rings is 1. The van der Waals surface area contributed by atoms with Crippen molar-refractivity contribution in [1.82, 2.24) is 15.3 Å². The monoisotopic (exact) mass is 346 g/mol. The van der Waals surface area contributed by atoms with Gasteiger partial charge in [-0.25, -0.2) is 9.97 Å². The number of ether oxygens (including phenoxy) is 1. The van der Waals surface area contributed by atoms with Gasteiger partial charge in [0.05, 0.1) is 24.3 Å². The average Bonchev–Trinajstić information content (AvgIpc) is 2.97. The molecular formula is C17H22N4O2S. The maximum atomic E-state index is 12.2. The third-order valence-corrected chi connectivity index (χ3v) is 4.79. The van der Waals surface area contributed by atoms with E-state index in [1.54, 1.807) is 17.5 Å². The van der Waals surface area contributed by atoms with E-state index in [-0.39, 0.29) is 18.1 Å². The highest BCUT2D eigenvalue weighted by atomic mass is 32.1. The second kappa shape index (κ2) is 7.27. The number of hydrogen-bond acceptors (Lipinski definition) is 6. The number of rotatable bonds is 4. The molecule has 128 valence electrons. The molecular weight excluding hydrogens is 324 g/mol. The molecule has 0 bridgehead atoms. The molecule has 3 rings (SSSR count). The number of carbonyl (C=O) groups is 1. The lowest BCUT2D eigenvalue weighted by molar-refractivity contribution is -0.00546. The van der Waals surface area contributed by atoms with Crippen molar-refractivity contribution in [1.29, 1.82) is 0 Å². The number of anilines is 1. The van der Waals surface area contributed by atoms with Crippen LogP contribution in [0.15, 0.2) is 23.7 Å². The predicted molar refractivity (Wildman–Crippen MR) is 94.5 cm³/mol. The van der Waals surface area contributed by atoms with Crippen LogP contribution in [0.3, 0.4) is 0 Å². The van der Waals surface area contributed by atoms with Gasteiger partial charge in [-0.05, 0) is 32.9 Å². The molecule has 1 aliphatic heterocycles. The fraction of sp³-hybridized carbons (Fsp3) is 0.471. The van der Waals surface area contributed by atoms with E-state index in [1.165, 1.54) is 0 Å². The van der Waals surface area contributed by atoms with Crippen molar-refractivity contribution in [2.24, 2.45) is 0 Å². The van der Waals surface area contributed by atoms with Gasteiger partial charge in [0, 0.05) is 30.4 Å². The second-order valence-corrected chi connectivity index (χ2v) is 7.08. The van der Waals surface area contributed by atoms with Crippen molar-refractivity contribution in [2.75, 3.05) is 18.0 Å². The molecule has 1 aliphatic rings. The molecule has 0 unspecified atom stereocenters. The molecule has 3 heterocycles. The summed E-state index contributed by atoms with van der Waals surface area (Å²) in [4.78, 5) is 23.2. The summed E-state index contributed by atoms with van der Waals surface area (Å²) in [6.07, 6.45) is 1.99. The maximum Gasteiger partial charge on any atom is 0.253 e. The van der Waals surface area contributed by atoms with Gasteiger partial charge in [0.1, 0.15) is 10.8 Å². The minimum atomic E-state index is -0.134. The van der Waals surface area contributed by atoms with Crippen molar-refractivity contribution in [3.8, 4) is 0 Å². The second-order valence-electron chi connectivity index (χ2n) is 6.13. The first kappa shape index (κ1) is 16.9. The maximum absolute atomic E-state index is 12.2. The lowest BCUT2D eigenvalue weighted by Gasteiger charge is -2.36. The minimum absolute atomic E-state index is 0.134. The van der Waals surface area contributed by atoms with Gasteiger partial charge in [-0.15, -0.1) is 11.3 Å². The van der Waals surface area contributed by atoms with E-state index in [4.69, 9.17) is 4.74 Å². The molecule has 0 saturated carbocycles. The topological polar surface area (TPSA) is 67.4 Å². The molecule has 0 radical (unpaired) electrons. The Morgan fingerprint density at radius 2 is 2.12 bits per heavy atom. The zero-order chi connectivity index (χ0) is 17.1. The highest BCUT2D eigenvalue weighted by Gasteiger charge is 2.23. The number of nitrogens with one attached hydrogen (secondary N) is 1. The number of nitrogens with zero attached hydrogens (tertiary/aromatic N) is 3. The van der Waals surface area contributed by atoms with Crippen molar-refractivity contribution in [3.63, 3.8) is 0 Å². The largest absolute Gasteiger partial charge is 0.372 e. The van der Waals surface area contributed by atoms with Crippen LogP contribution in [0.2, 0.25) is 0 Å². The van der Waals surface area contributed by atoms with Crippen LogP contribution in [0.25, 0.3) is 0 Å². The molecule has 7 heteroatoms. The molecule has 1 saturated heterocycles. The van der Waals surface area contributed by atoms with Gasteiger partial charge in [-0.1, -0.05) is 0 Å². The Bertz CT molecular complexity index is 691. The Balaban J connectivity index is 1.60. The van der Waals surface area contributed by atoms with Crippen LogP contribution in [-0.2, 0) is 11.3 Å². The Morgan fingerprint density at radius 1 is 1.38 bits per heavy atom. The Kier molecular flexibility index (Phi) is 5.11. The standard InChI is InChI=1S/C17H22N4O2S/c1-11-10-24-16(20-11)7-19-17(22)14-4-5-15(18-6-14)21-8-12(2)23-13(3)9-21/h4-6,10,12-13H,7-9H2,1-3H3,(H,19,22)/t12-,13+. The normalized spacial score (nSPS) is 20.9. The van der Waals surface area contributed by atoms with Gasteiger partial charge >= 0.3 is 0 Å². The zero-order valence-electron chi connectivity index (χ0n) is 14.2. The average molecular weight is 346 g/mol. The van der Waals surface area contributed by atoms with E-state index < -0.39 is 0 Å². The lowest BCUT2D eigenvalue weighted by Crippen LogP contribution is -2.45. The van der Waals surface area contributed by atoms with Crippen molar-refractivity contribution < 1.29 is 9.53 Å². The van der Waals surface area contributed by atoms with Crippen LogP contribution in [0.4, 0.5) is 5.82 Å². The van der Waals surface area contributed by atoms with Crippen LogP contribution in [0, 0.1) is 6.92 Å². The quantitative estimate of drug-likeness (QED) is 0.921. The molecule has 24 heavy (non-hydrogen) atoms. The smallest absolute Gasteiger partial charge is 0.253 e.